The zero-order valence-electron chi connectivity index (χ0n) is 8.12. The maximum atomic E-state index is 11.5. The van der Waals surface area contributed by atoms with E-state index in [4.69, 9.17) is 5.73 Å². The van der Waals surface area contributed by atoms with Gasteiger partial charge in [0.25, 0.3) is 5.91 Å². The summed E-state index contributed by atoms with van der Waals surface area (Å²) < 4.78 is 3.70. The summed E-state index contributed by atoms with van der Waals surface area (Å²) in [5.74, 6) is -0.0884. The minimum absolute atomic E-state index is 0.0884. The van der Waals surface area contributed by atoms with E-state index < -0.39 is 0 Å². The number of aromatic nitrogens is 2. The van der Waals surface area contributed by atoms with E-state index in [9.17, 15) is 4.79 Å². The van der Waals surface area contributed by atoms with Crippen molar-refractivity contribution >= 4 is 17.4 Å². The maximum absolute atomic E-state index is 11.5. The Morgan fingerprint density at radius 1 is 1.57 bits per heavy atom. The molecule has 0 aromatic carbocycles. The first kappa shape index (κ1) is 11.1. The SMILES string of the molecule is Cc1nnsc1C(=O)NCCCCN. The lowest BCUT2D eigenvalue weighted by Crippen LogP contribution is -2.24. The number of rotatable bonds is 5. The summed E-state index contributed by atoms with van der Waals surface area (Å²) in [6.07, 6.45) is 1.84. The molecule has 0 fully saturated rings. The fourth-order valence-corrected chi connectivity index (χ4v) is 1.56. The lowest BCUT2D eigenvalue weighted by molar-refractivity contribution is 0.0956. The van der Waals surface area contributed by atoms with Crippen LogP contribution in [0, 0.1) is 6.92 Å². The molecule has 0 bridgehead atoms. The highest BCUT2D eigenvalue weighted by atomic mass is 32.1. The second-order valence-corrected chi connectivity index (χ2v) is 3.69. The van der Waals surface area contributed by atoms with Crippen molar-refractivity contribution in [2.24, 2.45) is 5.73 Å². The molecule has 1 aromatic rings. The predicted molar refractivity (Wildman–Crippen MR) is 55.3 cm³/mol. The highest BCUT2D eigenvalue weighted by Gasteiger charge is 2.11. The van der Waals surface area contributed by atoms with Crippen LogP contribution in [0.5, 0.6) is 0 Å². The van der Waals surface area contributed by atoms with Gasteiger partial charge in [-0.2, -0.15) is 0 Å². The Labute approximate surface area is 86.9 Å². The third-order valence-corrected chi connectivity index (χ3v) is 2.60. The molecular weight excluding hydrogens is 200 g/mol. The van der Waals surface area contributed by atoms with E-state index in [0.717, 1.165) is 24.4 Å². The quantitative estimate of drug-likeness (QED) is 0.691. The Bertz CT molecular complexity index is 299. The van der Waals surface area contributed by atoms with Gasteiger partial charge in [-0.3, -0.25) is 4.79 Å². The summed E-state index contributed by atoms with van der Waals surface area (Å²) in [5.41, 5.74) is 6.02. The van der Waals surface area contributed by atoms with Crippen molar-refractivity contribution in [3.63, 3.8) is 0 Å². The van der Waals surface area contributed by atoms with E-state index in [1.165, 1.54) is 0 Å². The predicted octanol–water partition coefficient (Wildman–Crippen LogP) is 0.315. The van der Waals surface area contributed by atoms with Crippen LogP contribution in [0.4, 0.5) is 0 Å². The number of carbonyl (C=O) groups excluding carboxylic acids is 1. The van der Waals surface area contributed by atoms with Crippen molar-refractivity contribution in [3.05, 3.63) is 10.6 Å². The van der Waals surface area contributed by atoms with Gasteiger partial charge in [0.15, 0.2) is 0 Å². The third kappa shape index (κ3) is 3.04. The van der Waals surface area contributed by atoms with Gasteiger partial charge in [-0.25, -0.2) is 0 Å². The van der Waals surface area contributed by atoms with Crippen LogP contribution in [0.1, 0.15) is 28.2 Å². The van der Waals surface area contributed by atoms with Gasteiger partial charge in [-0.1, -0.05) is 4.49 Å². The Hall–Kier alpha value is -1.01. The van der Waals surface area contributed by atoms with Gasteiger partial charge < -0.3 is 11.1 Å². The number of carbonyl (C=O) groups is 1. The second-order valence-electron chi connectivity index (χ2n) is 2.94. The number of hydrogen-bond acceptors (Lipinski definition) is 5. The average Bonchev–Trinajstić information content (AvgIpc) is 2.59. The largest absolute Gasteiger partial charge is 0.351 e. The molecule has 0 unspecified atom stereocenters. The van der Waals surface area contributed by atoms with E-state index >= 15 is 0 Å². The Morgan fingerprint density at radius 2 is 2.36 bits per heavy atom. The molecule has 0 saturated heterocycles. The van der Waals surface area contributed by atoms with Gasteiger partial charge in [-0.05, 0) is 37.8 Å². The molecule has 6 heteroatoms. The first-order chi connectivity index (χ1) is 6.75. The molecular formula is C8H14N4OS. The van der Waals surface area contributed by atoms with Gasteiger partial charge in [0, 0.05) is 6.54 Å². The summed E-state index contributed by atoms with van der Waals surface area (Å²) in [4.78, 5) is 12.1. The van der Waals surface area contributed by atoms with Crippen molar-refractivity contribution in [1.82, 2.24) is 14.9 Å². The molecule has 78 valence electrons. The fraction of sp³-hybridized carbons (Fsp3) is 0.625. The molecule has 1 amide bonds. The molecule has 0 saturated carbocycles. The van der Waals surface area contributed by atoms with Gasteiger partial charge in [-0.15, -0.1) is 5.10 Å². The number of nitrogens with zero attached hydrogens (tertiary/aromatic N) is 2. The Morgan fingerprint density at radius 3 is 2.93 bits per heavy atom. The van der Waals surface area contributed by atoms with E-state index in [0.29, 0.717) is 23.7 Å². The van der Waals surface area contributed by atoms with Crippen LogP contribution in [-0.2, 0) is 0 Å². The summed E-state index contributed by atoms with van der Waals surface area (Å²) in [7, 11) is 0. The van der Waals surface area contributed by atoms with E-state index in [-0.39, 0.29) is 5.91 Å². The van der Waals surface area contributed by atoms with Crippen LogP contribution in [0.25, 0.3) is 0 Å². The number of nitrogens with two attached hydrogens (primary N) is 1. The van der Waals surface area contributed by atoms with E-state index in [2.05, 4.69) is 14.9 Å². The second kappa shape index (κ2) is 5.66. The molecule has 1 rings (SSSR count). The fourth-order valence-electron chi connectivity index (χ4n) is 0.991. The summed E-state index contributed by atoms with van der Waals surface area (Å²) in [6, 6.07) is 0. The van der Waals surface area contributed by atoms with Crippen LogP contribution in [0.15, 0.2) is 0 Å². The number of hydrogen-bond donors (Lipinski definition) is 2. The Balaban J connectivity index is 2.32. The number of amides is 1. The molecule has 14 heavy (non-hydrogen) atoms. The monoisotopic (exact) mass is 214 g/mol. The Kier molecular flexibility index (Phi) is 4.48. The maximum Gasteiger partial charge on any atom is 0.264 e. The van der Waals surface area contributed by atoms with Crippen molar-refractivity contribution in [2.45, 2.75) is 19.8 Å². The van der Waals surface area contributed by atoms with Crippen LogP contribution < -0.4 is 11.1 Å². The summed E-state index contributed by atoms with van der Waals surface area (Å²) >= 11 is 1.12. The van der Waals surface area contributed by atoms with Gasteiger partial charge in [0.05, 0.1) is 5.69 Å². The van der Waals surface area contributed by atoms with Crippen LogP contribution >= 0.6 is 11.5 Å². The molecule has 5 nitrogen and oxygen atoms in total. The molecule has 0 aliphatic heterocycles. The van der Waals surface area contributed by atoms with Crippen LogP contribution in [0.2, 0.25) is 0 Å². The van der Waals surface area contributed by atoms with E-state index in [1.54, 1.807) is 6.92 Å². The molecule has 1 heterocycles. The molecule has 0 aliphatic rings. The zero-order valence-corrected chi connectivity index (χ0v) is 8.93. The van der Waals surface area contributed by atoms with Crippen molar-refractivity contribution < 1.29 is 4.79 Å². The lowest BCUT2D eigenvalue weighted by atomic mass is 10.3. The van der Waals surface area contributed by atoms with Crippen molar-refractivity contribution in [3.8, 4) is 0 Å². The highest BCUT2D eigenvalue weighted by molar-refractivity contribution is 7.07. The minimum Gasteiger partial charge on any atom is -0.351 e. The smallest absolute Gasteiger partial charge is 0.264 e. The first-order valence-electron chi connectivity index (χ1n) is 4.53. The zero-order chi connectivity index (χ0) is 10.4. The standard InChI is InChI=1S/C8H14N4OS/c1-6-7(14-12-11-6)8(13)10-5-3-2-4-9/h2-5,9H2,1H3,(H,10,13). The number of nitrogens with one attached hydrogen (secondary N) is 1. The number of aryl methyl sites for hydroxylation is 1. The first-order valence-corrected chi connectivity index (χ1v) is 5.30. The van der Waals surface area contributed by atoms with Crippen molar-refractivity contribution in [2.75, 3.05) is 13.1 Å². The van der Waals surface area contributed by atoms with Crippen molar-refractivity contribution in [1.29, 1.82) is 0 Å². The van der Waals surface area contributed by atoms with Gasteiger partial charge in [0.1, 0.15) is 4.88 Å². The highest BCUT2D eigenvalue weighted by Crippen LogP contribution is 2.08. The molecule has 0 spiro atoms. The molecule has 0 atom stereocenters. The number of unbranched alkanes of at least 4 members (excludes halogenated alkanes) is 1. The topological polar surface area (TPSA) is 80.9 Å². The normalized spacial score (nSPS) is 10.1. The minimum atomic E-state index is -0.0884. The van der Waals surface area contributed by atoms with Gasteiger partial charge >= 0.3 is 0 Å². The summed E-state index contributed by atoms with van der Waals surface area (Å²) in [5, 5.41) is 6.57. The third-order valence-electron chi connectivity index (χ3n) is 1.77. The summed E-state index contributed by atoms with van der Waals surface area (Å²) in [6.45, 7) is 3.10. The molecule has 1 aromatic heterocycles. The van der Waals surface area contributed by atoms with Crippen LogP contribution in [-0.4, -0.2) is 28.6 Å². The van der Waals surface area contributed by atoms with Gasteiger partial charge in [0.2, 0.25) is 0 Å². The molecule has 0 radical (unpaired) electrons. The van der Waals surface area contributed by atoms with E-state index in [1.807, 2.05) is 0 Å². The molecule has 3 N–H and O–H groups in total. The lowest BCUT2D eigenvalue weighted by Gasteiger charge is -2.01. The molecule has 0 aliphatic carbocycles. The van der Waals surface area contributed by atoms with Crippen LogP contribution in [0.3, 0.4) is 0 Å². The average molecular weight is 214 g/mol.